The Morgan fingerprint density at radius 3 is 2.84 bits per heavy atom. The van der Waals surface area contributed by atoms with Gasteiger partial charge in [-0.25, -0.2) is 4.98 Å². The molecule has 0 aliphatic carbocycles. The van der Waals surface area contributed by atoms with Crippen molar-refractivity contribution in [3.05, 3.63) is 46.6 Å². The fraction of sp³-hybridized carbons (Fsp3) is 0.214. The molecule has 0 saturated heterocycles. The predicted molar refractivity (Wildman–Crippen MR) is 80.9 cm³/mol. The van der Waals surface area contributed by atoms with Crippen LogP contribution in [0, 0.1) is 0 Å². The molecule has 0 aromatic carbocycles. The molecule has 0 N–H and O–H groups in total. The first-order chi connectivity index (χ1) is 9.15. The van der Waals surface area contributed by atoms with Crippen molar-refractivity contribution in [1.82, 2.24) is 14.3 Å². The van der Waals surface area contributed by atoms with Crippen molar-refractivity contribution in [3.8, 4) is 10.6 Å². The van der Waals surface area contributed by atoms with Crippen LogP contribution in [0.5, 0.6) is 0 Å². The topological polar surface area (TPSA) is 20.5 Å². The molecule has 0 radical (unpaired) electrons. The molecule has 3 rings (SSSR count). The molecule has 0 aliphatic rings. The van der Waals surface area contributed by atoms with Gasteiger partial charge in [0.15, 0.2) is 0 Å². The monoisotopic (exact) mass is 291 g/mol. The Balaban J connectivity index is 2.25. The number of aromatic nitrogens is 2. The molecule has 0 unspecified atom stereocenters. The first kappa shape index (κ1) is 12.7. The number of imidazole rings is 1. The van der Waals surface area contributed by atoms with Gasteiger partial charge < -0.3 is 9.30 Å². The number of hydrogen-bond donors (Lipinski definition) is 0. The molecule has 0 atom stereocenters. The van der Waals surface area contributed by atoms with Crippen molar-refractivity contribution in [2.75, 3.05) is 14.1 Å². The Bertz CT molecular complexity index is 701. The molecule has 98 valence electrons. The summed E-state index contributed by atoms with van der Waals surface area (Å²) in [5.74, 6) is 0. The van der Waals surface area contributed by atoms with Gasteiger partial charge in [0.1, 0.15) is 11.3 Å². The summed E-state index contributed by atoms with van der Waals surface area (Å²) < 4.78 is 2.08. The molecular weight excluding hydrogens is 278 g/mol. The summed E-state index contributed by atoms with van der Waals surface area (Å²) in [7, 11) is 4.12. The summed E-state index contributed by atoms with van der Waals surface area (Å²) in [6.45, 7) is 0.828. The summed E-state index contributed by atoms with van der Waals surface area (Å²) in [5.41, 5.74) is 3.15. The van der Waals surface area contributed by atoms with Crippen molar-refractivity contribution in [1.29, 1.82) is 0 Å². The summed E-state index contributed by atoms with van der Waals surface area (Å²) in [6, 6.07) is 7.99. The minimum atomic E-state index is 0.725. The molecule has 5 heteroatoms. The van der Waals surface area contributed by atoms with Crippen LogP contribution >= 0.6 is 22.9 Å². The molecule has 0 bridgehead atoms. The highest BCUT2D eigenvalue weighted by Gasteiger charge is 2.15. The van der Waals surface area contributed by atoms with Crippen LogP contribution in [0.15, 0.2) is 35.8 Å². The zero-order valence-corrected chi connectivity index (χ0v) is 12.4. The van der Waals surface area contributed by atoms with Crippen LogP contribution in [-0.4, -0.2) is 28.4 Å². The maximum absolute atomic E-state index is 6.10. The maximum atomic E-state index is 6.10. The van der Waals surface area contributed by atoms with Gasteiger partial charge in [-0.05, 0) is 37.7 Å². The van der Waals surface area contributed by atoms with E-state index in [9.17, 15) is 0 Å². The molecule has 3 aromatic heterocycles. The highest BCUT2D eigenvalue weighted by molar-refractivity contribution is 7.13. The molecule has 3 nitrogen and oxygen atoms in total. The number of nitrogens with zero attached hydrogens (tertiary/aromatic N) is 3. The van der Waals surface area contributed by atoms with E-state index < -0.39 is 0 Å². The van der Waals surface area contributed by atoms with Gasteiger partial charge >= 0.3 is 0 Å². The lowest BCUT2D eigenvalue weighted by Gasteiger charge is -2.10. The van der Waals surface area contributed by atoms with Crippen molar-refractivity contribution < 1.29 is 0 Å². The van der Waals surface area contributed by atoms with Crippen molar-refractivity contribution in [2.45, 2.75) is 6.54 Å². The number of hydrogen-bond acceptors (Lipinski definition) is 3. The number of thiophene rings is 1. The fourth-order valence-electron chi connectivity index (χ4n) is 2.13. The number of pyridine rings is 1. The lowest BCUT2D eigenvalue weighted by Crippen LogP contribution is -2.13. The Morgan fingerprint density at radius 1 is 1.32 bits per heavy atom. The third-order valence-corrected chi connectivity index (χ3v) is 4.00. The average molecular weight is 292 g/mol. The first-order valence-electron chi connectivity index (χ1n) is 6.00. The average Bonchev–Trinajstić information content (AvgIpc) is 2.97. The second-order valence-electron chi connectivity index (χ2n) is 4.70. The van der Waals surface area contributed by atoms with E-state index in [2.05, 4.69) is 40.9 Å². The Morgan fingerprint density at radius 2 is 2.16 bits per heavy atom. The maximum Gasteiger partial charge on any atom is 0.137 e. The van der Waals surface area contributed by atoms with Crippen LogP contribution in [0.3, 0.4) is 0 Å². The number of fused-ring (bicyclic) bond motifs is 1. The van der Waals surface area contributed by atoms with E-state index in [1.807, 2.05) is 18.3 Å². The molecule has 19 heavy (non-hydrogen) atoms. The Hall–Kier alpha value is -1.36. The van der Waals surface area contributed by atoms with E-state index in [0.29, 0.717) is 0 Å². The third kappa shape index (κ3) is 2.39. The zero-order chi connectivity index (χ0) is 13.4. The van der Waals surface area contributed by atoms with Gasteiger partial charge in [0, 0.05) is 12.7 Å². The summed E-state index contributed by atoms with van der Waals surface area (Å²) in [5, 5.41) is 2.80. The van der Waals surface area contributed by atoms with Gasteiger partial charge in [-0.1, -0.05) is 17.7 Å². The van der Waals surface area contributed by atoms with Gasteiger partial charge in [-0.15, -0.1) is 11.3 Å². The van der Waals surface area contributed by atoms with Gasteiger partial charge in [0.2, 0.25) is 0 Å². The molecule has 0 fully saturated rings. The van der Waals surface area contributed by atoms with E-state index in [1.165, 1.54) is 10.6 Å². The molecule has 0 aliphatic heterocycles. The van der Waals surface area contributed by atoms with Crippen LogP contribution < -0.4 is 0 Å². The molecular formula is C14H14ClN3S. The van der Waals surface area contributed by atoms with Crippen LogP contribution in [0.1, 0.15) is 5.69 Å². The lowest BCUT2D eigenvalue weighted by molar-refractivity contribution is 0.396. The standard InChI is InChI=1S/C14H14ClN3S/c1-17(2)9-11-14(12-4-3-7-19-12)16-13-6-5-10(15)8-18(11)13/h3-8H,9H2,1-2H3. The van der Waals surface area contributed by atoms with Gasteiger partial charge in [-0.2, -0.15) is 0 Å². The molecule has 0 amide bonds. The van der Waals surface area contributed by atoms with E-state index in [4.69, 9.17) is 16.6 Å². The highest BCUT2D eigenvalue weighted by atomic mass is 35.5. The molecule has 3 heterocycles. The van der Waals surface area contributed by atoms with Crippen LogP contribution in [0.2, 0.25) is 5.02 Å². The normalized spacial score (nSPS) is 11.6. The molecule has 0 spiro atoms. The minimum Gasteiger partial charge on any atom is -0.304 e. The van der Waals surface area contributed by atoms with Crippen molar-refractivity contribution in [2.24, 2.45) is 0 Å². The number of halogens is 1. The summed E-state index contributed by atoms with van der Waals surface area (Å²) >= 11 is 7.81. The second-order valence-corrected chi connectivity index (χ2v) is 6.08. The van der Waals surface area contributed by atoms with Crippen molar-refractivity contribution in [3.63, 3.8) is 0 Å². The summed E-state index contributed by atoms with van der Waals surface area (Å²) in [6.07, 6.45) is 1.93. The Labute approximate surface area is 121 Å². The summed E-state index contributed by atoms with van der Waals surface area (Å²) in [4.78, 5) is 8.07. The molecule has 0 saturated carbocycles. The predicted octanol–water partition coefficient (Wildman–Crippen LogP) is 3.78. The smallest absolute Gasteiger partial charge is 0.137 e. The third-order valence-electron chi connectivity index (χ3n) is 2.90. The van der Waals surface area contributed by atoms with E-state index in [1.54, 1.807) is 11.3 Å². The molecule has 3 aromatic rings. The van der Waals surface area contributed by atoms with Gasteiger partial charge in [0.25, 0.3) is 0 Å². The largest absolute Gasteiger partial charge is 0.304 e. The highest BCUT2D eigenvalue weighted by Crippen LogP contribution is 2.29. The Kier molecular flexibility index (Phi) is 3.31. The lowest BCUT2D eigenvalue weighted by atomic mass is 10.2. The van der Waals surface area contributed by atoms with Crippen LogP contribution in [0.25, 0.3) is 16.2 Å². The number of rotatable bonds is 3. The van der Waals surface area contributed by atoms with Gasteiger partial charge in [0.05, 0.1) is 15.6 Å². The quantitative estimate of drug-likeness (QED) is 0.732. The van der Waals surface area contributed by atoms with Gasteiger partial charge in [-0.3, -0.25) is 0 Å². The van der Waals surface area contributed by atoms with E-state index in [-0.39, 0.29) is 0 Å². The van der Waals surface area contributed by atoms with E-state index in [0.717, 1.165) is 22.9 Å². The van der Waals surface area contributed by atoms with Crippen LogP contribution in [0.4, 0.5) is 0 Å². The van der Waals surface area contributed by atoms with E-state index >= 15 is 0 Å². The van der Waals surface area contributed by atoms with Crippen molar-refractivity contribution >= 4 is 28.6 Å². The second kappa shape index (κ2) is 4.96. The fourth-order valence-corrected chi connectivity index (χ4v) is 3.03. The first-order valence-corrected chi connectivity index (χ1v) is 7.26. The zero-order valence-electron chi connectivity index (χ0n) is 10.8. The SMILES string of the molecule is CN(C)Cc1c(-c2cccs2)nc2ccc(Cl)cn12. The van der Waals surface area contributed by atoms with Crippen LogP contribution in [-0.2, 0) is 6.54 Å². The minimum absolute atomic E-state index is 0.725.